The molecule has 2 N–H and O–H groups in total. The quantitative estimate of drug-likeness (QED) is 0.833. The Labute approximate surface area is 145 Å². The fourth-order valence-electron chi connectivity index (χ4n) is 3.39. The number of piperidine rings is 1. The normalized spacial score (nSPS) is 19.0. The first-order chi connectivity index (χ1) is 11.5. The van der Waals surface area contributed by atoms with E-state index in [2.05, 4.69) is 6.07 Å². The zero-order valence-electron chi connectivity index (χ0n) is 15.1. The number of carbonyl (C=O) groups is 1. The highest BCUT2D eigenvalue weighted by Gasteiger charge is 2.26. The third kappa shape index (κ3) is 4.87. The number of hydrogen-bond donors (Lipinski definition) is 1. The second kappa shape index (κ2) is 8.92. The van der Waals surface area contributed by atoms with Gasteiger partial charge in [-0.2, -0.15) is 0 Å². The van der Waals surface area contributed by atoms with E-state index in [0.29, 0.717) is 12.5 Å². The number of aryl methyl sites for hydroxylation is 1. The molecule has 0 radical (unpaired) electrons. The summed E-state index contributed by atoms with van der Waals surface area (Å²) in [6, 6.07) is 6.27. The van der Waals surface area contributed by atoms with Gasteiger partial charge in [0.1, 0.15) is 0 Å². The minimum Gasteiger partial charge on any atom is -0.493 e. The minimum atomic E-state index is -0.0778. The van der Waals surface area contributed by atoms with Gasteiger partial charge < -0.3 is 20.1 Å². The van der Waals surface area contributed by atoms with E-state index in [1.807, 2.05) is 24.0 Å². The highest BCUT2D eigenvalue weighted by atomic mass is 16.5. The molecule has 2 unspecified atom stereocenters. The lowest BCUT2D eigenvalue weighted by Gasteiger charge is -2.36. The number of nitrogens with two attached hydrogens (primary N) is 1. The van der Waals surface area contributed by atoms with Gasteiger partial charge in [-0.25, -0.2) is 0 Å². The van der Waals surface area contributed by atoms with Gasteiger partial charge in [0.25, 0.3) is 0 Å². The van der Waals surface area contributed by atoms with Gasteiger partial charge in [-0.3, -0.25) is 4.79 Å². The number of ether oxygens (including phenoxy) is 2. The van der Waals surface area contributed by atoms with Crippen molar-refractivity contribution in [3.05, 3.63) is 23.8 Å². The maximum Gasteiger partial charge on any atom is 0.224 e. The molecule has 1 aliphatic heterocycles. The molecule has 2 rings (SSSR count). The molecule has 1 heterocycles. The van der Waals surface area contributed by atoms with Crippen molar-refractivity contribution in [2.24, 2.45) is 5.73 Å². The van der Waals surface area contributed by atoms with E-state index in [4.69, 9.17) is 15.2 Å². The number of amides is 1. The number of carbonyl (C=O) groups excluding carboxylic acids is 1. The van der Waals surface area contributed by atoms with Crippen LogP contribution in [0.5, 0.6) is 11.5 Å². The molecule has 1 fully saturated rings. The molecule has 0 bridgehead atoms. The summed E-state index contributed by atoms with van der Waals surface area (Å²) in [5.74, 6) is 1.69. The summed E-state index contributed by atoms with van der Waals surface area (Å²) >= 11 is 0. The Kier molecular flexibility index (Phi) is 6.91. The first kappa shape index (κ1) is 18.6. The van der Waals surface area contributed by atoms with Gasteiger partial charge in [-0.05, 0) is 56.7 Å². The predicted octanol–water partition coefficient (Wildman–Crippen LogP) is 2.75. The van der Waals surface area contributed by atoms with Crippen LogP contribution in [0.1, 0.15) is 44.6 Å². The Morgan fingerprint density at radius 1 is 1.29 bits per heavy atom. The molecule has 0 saturated carbocycles. The second-order valence-corrected chi connectivity index (χ2v) is 6.65. The monoisotopic (exact) mass is 334 g/mol. The Morgan fingerprint density at radius 3 is 2.71 bits per heavy atom. The average molecular weight is 334 g/mol. The molecule has 1 aromatic rings. The van der Waals surface area contributed by atoms with Crippen molar-refractivity contribution in [2.45, 2.75) is 57.5 Å². The maximum atomic E-state index is 12.4. The Balaban J connectivity index is 1.99. The minimum absolute atomic E-state index is 0.0778. The topological polar surface area (TPSA) is 64.8 Å². The van der Waals surface area contributed by atoms with Crippen molar-refractivity contribution in [2.75, 3.05) is 20.8 Å². The molecule has 1 aliphatic rings. The number of nitrogens with zero attached hydrogens (tertiary/aromatic N) is 1. The van der Waals surface area contributed by atoms with Crippen LogP contribution in [0, 0.1) is 0 Å². The van der Waals surface area contributed by atoms with Crippen LogP contribution in [0.2, 0.25) is 0 Å². The number of likely N-dealkylation sites (tertiary alicyclic amines) is 1. The first-order valence-corrected chi connectivity index (χ1v) is 8.81. The zero-order valence-corrected chi connectivity index (χ0v) is 15.1. The van der Waals surface area contributed by atoms with Crippen molar-refractivity contribution in [1.82, 2.24) is 4.90 Å². The molecule has 5 heteroatoms. The van der Waals surface area contributed by atoms with Crippen LogP contribution < -0.4 is 15.2 Å². The molecule has 2 atom stereocenters. The van der Waals surface area contributed by atoms with E-state index in [1.165, 1.54) is 12.0 Å². The molecular weight excluding hydrogens is 304 g/mol. The Hall–Kier alpha value is -1.75. The van der Waals surface area contributed by atoms with E-state index < -0.39 is 0 Å². The van der Waals surface area contributed by atoms with E-state index >= 15 is 0 Å². The van der Waals surface area contributed by atoms with E-state index in [9.17, 15) is 4.79 Å². The third-order valence-electron chi connectivity index (χ3n) is 4.66. The van der Waals surface area contributed by atoms with Gasteiger partial charge in [-0.15, -0.1) is 0 Å². The summed E-state index contributed by atoms with van der Waals surface area (Å²) in [5, 5.41) is 0. The van der Waals surface area contributed by atoms with Crippen molar-refractivity contribution in [1.29, 1.82) is 0 Å². The van der Waals surface area contributed by atoms with Crippen molar-refractivity contribution in [3.63, 3.8) is 0 Å². The van der Waals surface area contributed by atoms with Gasteiger partial charge in [0, 0.05) is 25.0 Å². The fraction of sp³-hybridized carbons (Fsp3) is 0.632. The highest BCUT2D eigenvalue weighted by Crippen LogP contribution is 2.29. The van der Waals surface area contributed by atoms with Crippen LogP contribution >= 0.6 is 0 Å². The number of hydrogen-bond acceptors (Lipinski definition) is 4. The smallest absolute Gasteiger partial charge is 0.224 e. The fourth-order valence-corrected chi connectivity index (χ4v) is 3.39. The molecule has 0 aromatic heterocycles. The molecule has 134 valence electrons. The van der Waals surface area contributed by atoms with Crippen LogP contribution in [-0.4, -0.2) is 43.7 Å². The van der Waals surface area contributed by atoms with Crippen molar-refractivity contribution in [3.8, 4) is 11.5 Å². The third-order valence-corrected chi connectivity index (χ3v) is 4.66. The lowest BCUT2D eigenvalue weighted by molar-refractivity contribution is -0.135. The standard InChI is InChI=1S/C19H30N2O3/c1-14(20)12-19(22)21-11-5-4-6-16(21)9-7-15-8-10-17(23-2)18(13-15)24-3/h8,10,13-14,16H,4-7,9,11-12,20H2,1-3H3. The molecule has 1 aromatic carbocycles. The van der Waals surface area contributed by atoms with Crippen LogP contribution in [0.4, 0.5) is 0 Å². The molecule has 0 spiro atoms. The largest absolute Gasteiger partial charge is 0.493 e. The number of methoxy groups -OCH3 is 2. The van der Waals surface area contributed by atoms with Crippen LogP contribution in [0.3, 0.4) is 0 Å². The lowest BCUT2D eigenvalue weighted by Crippen LogP contribution is -2.45. The van der Waals surface area contributed by atoms with Gasteiger partial charge in [0.2, 0.25) is 5.91 Å². The van der Waals surface area contributed by atoms with Crippen LogP contribution in [0.15, 0.2) is 18.2 Å². The lowest BCUT2D eigenvalue weighted by atomic mass is 9.95. The molecule has 1 saturated heterocycles. The SMILES string of the molecule is COc1ccc(CCC2CCCCN2C(=O)CC(C)N)cc1OC. The van der Waals surface area contributed by atoms with Crippen LogP contribution in [-0.2, 0) is 11.2 Å². The molecule has 5 nitrogen and oxygen atoms in total. The summed E-state index contributed by atoms with van der Waals surface area (Å²) in [4.78, 5) is 14.5. The van der Waals surface area contributed by atoms with Gasteiger partial charge in [-0.1, -0.05) is 6.07 Å². The van der Waals surface area contributed by atoms with E-state index in [1.54, 1.807) is 14.2 Å². The Bertz CT molecular complexity index is 545. The molecular formula is C19H30N2O3. The molecule has 24 heavy (non-hydrogen) atoms. The zero-order chi connectivity index (χ0) is 17.5. The summed E-state index contributed by atoms with van der Waals surface area (Å²) in [7, 11) is 3.29. The van der Waals surface area contributed by atoms with Crippen LogP contribution in [0.25, 0.3) is 0 Å². The number of benzene rings is 1. The molecule has 1 amide bonds. The first-order valence-electron chi connectivity index (χ1n) is 8.81. The number of rotatable bonds is 7. The second-order valence-electron chi connectivity index (χ2n) is 6.65. The maximum absolute atomic E-state index is 12.4. The van der Waals surface area contributed by atoms with Gasteiger partial charge in [0.15, 0.2) is 11.5 Å². The van der Waals surface area contributed by atoms with Crippen molar-refractivity contribution >= 4 is 5.91 Å². The van der Waals surface area contributed by atoms with Crippen molar-refractivity contribution < 1.29 is 14.3 Å². The average Bonchev–Trinajstić information content (AvgIpc) is 2.59. The van der Waals surface area contributed by atoms with Gasteiger partial charge >= 0.3 is 0 Å². The molecule has 0 aliphatic carbocycles. The summed E-state index contributed by atoms with van der Waals surface area (Å²) in [5.41, 5.74) is 7.00. The summed E-state index contributed by atoms with van der Waals surface area (Å²) in [6.45, 7) is 2.75. The van der Waals surface area contributed by atoms with E-state index in [0.717, 1.165) is 43.7 Å². The summed E-state index contributed by atoms with van der Waals surface area (Å²) < 4.78 is 10.6. The Morgan fingerprint density at radius 2 is 2.04 bits per heavy atom. The van der Waals surface area contributed by atoms with Gasteiger partial charge in [0.05, 0.1) is 14.2 Å². The highest BCUT2D eigenvalue weighted by molar-refractivity contribution is 5.77. The predicted molar refractivity (Wildman–Crippen MR) is 95.5 cm³/mol. The summed E-state index contributed by atoms with van der Waals surface area (Å²) in [6.07, 6.45) is 5.70. The van der Waals surface area contributed by atoms with E-state index in [-0.39, 0.29) is 11.9 Å².